The molecule has 0 saturated heterocycles. The Kier molecular flexibility index (Phi) is 2.71. The molecule has 1 aliphatic rings. The average molecular weight is 253 g/mol. The Labute approximate surface area is 111 Å². The number of carbonyl (C=O) groups is 1. The molecule has 1 aliphatic heterocycles. The van der Waals surface area contributed by atoms with Crippen LogP contribution in [-0.4, -0.2) is 16.9 Å². The molecule has 96 valence electrons. The summed E-state index contributed by atoms with van der Waals surface area (Å²) in [5.41, 5.74) is 8.43. The maximum atomic E-state index is 12.6. The van der Waals surface area contributed by atoms with Crippen LogP contribution in [0.25, 0.3) is 0 Å². The molecule has 1 aromatic heterocycles. The molecule has 1 atom stereocenters. The third-order valence-corrected chi connectivity index (χ3v) is 3.49. The quantitative estimate of drug-likeness (QED) is 0.848. The van der Waals surface area contributed by atoms with Gasteiger partial charge in [-0.05, 0) is 37.1 Å². The Bertz CT molecular complexity index is 639. The molecule has 0 saturated carbocycles. The van der Waals surface area contributed by atoms with Crippen LogP contribution in [0.4, 0.5) is 11.5 Å². The zero-order valence-electron chi connectivity index (χ0n) is 10.7. The Morgan fingerprint density at radius 3 is 2.89 bits per heavy atom. The minimum absolute atomic E-state index is 0.0805. The first-order valence-electron chi connectivity index (χ1n) is 6.30. The summed E-state index contributed by atoms with van der Waals surface area (Å²) in [5, 5.41) is 0. The van der Waals surface area contributed by atoms with Crippen molar-refractivity contribution < 1.29 is 4.79 Å². The van der Waals surface area contributed by atoms with E-state index in [-0.39, 0.29) is 17.8 Å². The second-order valence-corrected chi connectivity index (χ2v) is 4.79. The minimum atomic E-state index is -0.0805. The molecule has 2 heterocycles. The van der Waals surface area contributed by atoms with Gasteiger partial charge in [0.2, 0.25) is 0 Å². The van der Waals surface area contributed by atoms with E-state index in [1.54, 1.807) is 18.3 Å². The highest BCUT2D eigenvalue weighted by Gasteiger charge is 2.31. The molecule has 0 bridgehead atoms. The third kappa shape index (κ3) is 1.85. The van der Waals surface area contributed by atoms with Gasteiger partial charge in [0.15, 0.2) is 0 Å². The number of nitrogen functional groups attached to an aromatic ring is 1. The molecular formula is C15H15N3O. The third-order valence-electron chi connectivity index (χ3n) is 3.49. The summed E-state index contributed by atoms with van der Waals surface area (Å²) < 4.78 is 0. The summed E-state index contributed by atoms with van der Waals surface area (Å²) in [4.78, 5) is 18.4. The molecule has 0 aliphatic carbocycles. The Hall–Kier alpha value is -2.36. The van der Waals surface area contributed by atoms with Crippen molar-refractivity contribution in [3.05, 3.63) is 53.7 Å². The lowest BCUT2D eigenvalue weighted by molar-refractivity contribution is 0.0982. The molecule has 4 nitrogen and oxygen atoms in total. The summed E-state index contributed by atoms with van der Waals surface area (Å²) in [6.45, 7) is 2.05. The van der Waals surface area contributed by atoms with Gasteiger partial charge in [0.25, 0.3) is 5.91 Å². The summed E-state index contributed by atoms with van der Waals surface area (Å²) in [6, 6.07) is 11.6. The van der Waals surface area contributed by atoms with E-state index in [1.165, 1.54) is 5.56 Å². The fourth-order valence-corrected chi connectivity index (χ4v) is 2.60. The molecule has 0 fully saturated rings. The van der Waals surface area contributed by atoms with Crippen LogP contribution in [0, 0.1) is 0 Å². The van der Waals surface area contributed by atoms with Crippen LogP contribution >= 0.6 is 0 Å². The molecular weight excluding hydrogens is 238 g/mol. The van der Waals surface area contributed by atoms with Crippen molar-refractivity contribution in [3.8, 4) is 0 Å². The van der Waals surface area contributed by atoms with Gasteiger partial charge in [-0.25, -0.2) is 4.98 Å². The lowest BCUT2D eigenvalue weighted by Crippen LogP contribution is -2.36. The van der Waals surface area contributed by atoms with E-state index >= 15 is 0 Å². The number of pyridine rings is 1. The number of hydrogen-bond donors (Lipinski definition) is 1. The lowest BCUT2D eigenvalue weighted by Gasteiger charge is -2.23. The average Bonchev–Trinajstić information content (AvgIpc) is 2.74. The molecule has 1 unspecified atom stereocenters. The van der Waals surface area contributed by atoms with Gasteiger partial charge >= 0.3 is 0 Å². The zero-order valence-corrected chi connectivity index (χ0v) is 10.7. The number of fused-ring (bicyclic) bond motifs is 1. The van der Waals surface area contributed by atoms with Gasteiger partial charge in [-0.3, -0.25) is 4.79 Å². The van der Waals surface area contributed by atoms with Crippen LogP contribution < -0.4 is 10.6 Å². The van der Waals surface area contributed by atoms with Crippen molar-refractivity contribution in [3.63, 3.8) is 0 Å². The smallest absolute Gasteiger partial charge is 0.262 e. The highest BCUT2D eigenvalue weighted by atomic mass is 16.2. The number of anilines is 2. The standard InChI is InChI=1S/C15H15N3O/c1-10-9-11-5-2-3-7-13(11)18(10)15(19)12-6-4-8-17-14(12)16/h2-8,10H,9H2,1H3,(H2,16,17). The van der Waals surface area contributed by atoms with Gasteiger partial charge in [0, 0.05) is 17.9 Å². The number of para-hydroxylation sites is 1. The Morgan fingerprint density at radius 2 is 2.11 bits per heavy atom. The predicted molar refractivity (Wildman–Crippen MR) is 75.1 cm³/mol. The zero-order chi connectivity index (χ0) is 13.4. The number of amides is 1. The van der Waals surface area contributed by atoms with E-state index in [0.29, 0.717) is 5.56 Å². The lowest BCUT2D eigenvalue weighted by atomic mass is 10.1. The molecule has 0 radical (unpaired) electrons. The number of nitrogens with zero attached hydrogens (tertiary/aromatic N) is 2. The van der Waals surface area contributed by atoms with Gasteiger partial charge in [-0.2, -0.15) is 0 Å². The van der Waals surface area contributed by atoms with Crippen LogP contribution in [0.3, 0.4) is 0 Å². The largest absolute Gasteiger partial charge is 0.383 e. The van der Waals surface area contributed by atoms with Crippen LogP contribution in [0.2, 0.25) is 0 Å². The molecule has 1 amide bonds. The van der Waals surface area contributed by atoms with Crippen molar-refractivity contribution in [2.75, 3.05) is 10.6 Å². The van der Waals surface area contributed by atoms with E-state index in [9.17, 15) is 4.79 Å². The fraction of sp³-hybridized carbons (Fsp3) is 0.200. The van der Waals surface area contributed by atoms with Crippen molar-refractivity contribution in [2.45, 2.75) is 19.4 Å². The number of aromatic nitrogens is 1. The topological polar surface area (TPSA) is 59.2 Å². The summed E-state index contributed by atoms with van der Waals surface area (Å²) in [5.74, 6) is 0.201. The maximum Gasteiger partial charge on any atom is 0.262 e. The van der Waals surface area contributed by atoms with E-state index < -0.39 is 0 Å². The molecule has 0 spiro atoms. The number of benzene rings is 1. The van der Waals surface area contributed by atoms with Crippen LogP contribution in [-0.2, 0) is 6.42 Å². The molecule has 19 heavy (non-hydrogen) atoms. The molecule has 2 aromatic rings. The van der Waals surface area contributed by atoms with E-state index in [2.05, 4.69) is 11.1 Å². The number of carbonyl (C=O) groups excluding carboxylic acids is 1. The SMILES string of the molecule is CC1Cc2ccccc2N1C(=O)c1cccnc1N. The van der Waals surface area contributed by atoms with E-state index in [1.807, 2.05) is 30.0 Å². The number of rotatable bonds is 1. The first-order chi connectivity index (χ1) is 9.18. The van der Waals surface area contributed by atoms with Crippen LogP contribution in [0.5, 0.6) is 0 Å². The second kappa shape index (κ2) is 4.39. The fourth-order valence-electron chi connectivity index (χ4n) is 2.60. The van der Waals surface area contributed by atoms with Crippen molar-refractivity contribution >= 4 is 17.4 Å². The first-order valence-corrected chi connectivity index (χ1v) is 6.30. The van der Waals surface area contributed by atoms with E-state index in [4.69, 9.17) is 5.73 Å². The maximum absolute atomic E-state index is 12.6. The first kappa shape index (κ1) is 11.7. The van der Waals surface area contributed by atoms with Crippen molar-refractivity contribution in [1.82, 2.24) is 4.98 Å². The van der Waals surface area contributed by atoms with Gasteiger partial charge in [0.05, 0.1) is 5.56 Å². The van der Waals surface area contributed by atoms with Gasteiger partial charge in [-0.1, -0.05) is 18.2 Å². The van der Waals surface area contributed by atoms with Gasteiger partial charge < -0.3 is 10.6 Å². The number of nitrogens with two attached hydrogens (primary N) is 1. The normalized spacial score (nSPS) is 17.3. The highest BCUT2D eigenvalue weighted by Crippen LogP contribution is 2.33. The highest BCUT2D eigenvalue weighted by molar-refractivity contribution is 6.10. The van der Waals surface area contributed by atoms with Crippen LogP contribution in [0.1, 0.15) is 22.8 Å². The predicted octanol–water partition coefficient (Wildman–Crippen LogP) is 2.26. The molecule has 2 N–H and O–H groups in total. The second-order valence-electron chi connectivity index (χ2n) is 4.79. The Morgan fingerprint density at radius 1 is 1.32 bits per heavy atom. The van der Waals surface area contributed by atoms with Crippen molar-refractivity contribution in [1.29, 1.82) is 0 Å². The molecule has 3 rings (SSSR count). The minimum Gasteiger partial charge on any atom is -0.383 e. The van der Waals surface area contributed by atoms with Gasteiger partial charge in [0.1, 0.15) is 5.82 Å². The van der Waals surface area contributed by atoms with Crippen LogP contribution in [0.15, 0.2) is 42.6 Å². The molecule has 1 aromatic carbocycles. The molecule has 4 heteroatoms. The van der Waals surface area contributed by atoms with Crippen molar-refractivity contribution in [2.24, 2.45) is 0 Å². The summed E-state index contributed by atoms with van der Waals surface area (Å²) >= 11 is 0. The summed E-state index contributed by atoms with van der Waals surface area (Å²) in [6.07, 6.45) is 2.47. The monoisotopic (exact) mass is 253 g/mol. The Balaban J connectivity index is 2.03. The van der Waals surface area contributed by atoms with E-state index in [0.717, 1.165) is 12.1 Å². The van der Waals surface area contributed by atoms with Gasteiger partial charge in [-0.15, -0.1) is 0 Å². The summed E-state index contributed by atoms with van der Waals surface area (Å²) in [7, 11) is 0. The number of hydrogen-bond acceptors (Lipinski definition) is 3.